The van der Waals surface area contributed by atoms with Gasteiger partial charge in [-0.25, -0.2) is 8.42 Å². The second-order valence-corrected chi connectivity index (χ2v) is 7.72. The maximum atomic E-state index is 12.2. The van der Waals surface area contributed by atoms with E-state index in [0.717, 1.165) is 0 Å². The lowest BCUT2D eigenvalue weighted by molar-refractivity contribution is -0.0139. The number of halogens is 1. The van der Waals surface area contributed by atoms with E-state index in [-0.39, 0.29) is 17.9 Å². The van der Waals surface area contributed by atoms with E-state index in [4.69, 9.17) is 4.74 Å². The van der Waals surface area contributed by atoms with Gasteiger partial charge in [0.25, 0.3) is 0 Å². The first-order chi connectivity index (χ1) is 7.86. The van der Waals surface area contributed by atoms with E-state index in [1.54, 1.807) is 4.31 Å². The quantitative estimate of drug-likeness (QED) is 0.724. The third-order valence-corrected chi connectivity index (χ3v) is 5.63. The van der Waals surface area contributed by atoms with Crippen LogP contribution in [0.25, 0.3) is 0 Å². The molecule has 0 aliphatic carbocycles. The van der Waals surface area contributed by atoms with Gasteiger partial charge in [-0.15, -0.1) is 0 Å². The first-order valence-corrected chi connectivity index (χ1v) is 8.77. The van der Waals surface area contributed by atoms with Crippen LogP contribution in [0, 0.1) is 5.92 Å². The normalized spacial score (nSPS) is 27.6. The molecule has 1 aliphatic rings. The predicted molar refractivity (Wildman–Crippen MR) is 72.9 cm³/mol. The molecule has 1 fully saturated rings. The highest BCUT2D eigenvalue weighted by Crippen LogP contribution is 2.19. The predicted octanol–water partition coefficient (Wildman–Crippen LogP) is 1.85. The summed E-state index contributed by atoms with van der Waals surface area (Å²) >= 11 is 3.34. The molecule has 0 N–H and O–H groups in total. The van der Waals surface area contributed by atoms with E-state index in [2.05, 4.69) is 15.9 Å². The van der Waals surface area contributed by atoms with Gasteiger partial charge in [0.1, 0.15) is 0 Å². The Labute approximate surface area is 113 Å². The van der Waals surface area contributed by atoms with E-state index in [9.17, 15) is 8.42 Å². The van der Waals surface area contributed by atoms with Crippen LogP contribution in [0.2, 0.25) is 0 Å². The number of rotatable bonds is 5. The first-order valence-electron chi connectivity index (χ1n) is 6.04. The van der Waals surface area contributed by atoms with Crippen LogP contribution in [0.5, 0.6) is 0 Å². The van der Waals surface area contributed by atoms with Crippen LogP contribution in [0.3, 0.4) is 0 Å². The fourth-order valence-corrected chi connectivity index (χ4v) is 4.17. The number of ether oxygens (including phenoxy) is 1. The molecule has 0 saturated carbocycles. The Morgan fingerprint density at radius 2 is 2.12 bits per heavy atom. The second-order valence-electron chi connectivity index (χ2n) is 5.03. The maximum Gasteiger partial charge on any atom is 0.214 e. The molecular weight excluding hydrogens is 306 g/mol. The minimum Gasteiger partial charge on any atom is -0.374 e. The Morgan fingerprint density at radius 1 is 1.47 bits per heavy atom. The highest BCUT2D eigenvalue weighted by molar-refractivity contribution is 9.09. The van der Waals surface area contributed by atoms with Crippen molar-refractivity contribution in [3.05, 3.63) is 0 Å². The Morgan fingerprint density at radius 3 is 2.65 bits per heavy atom. The average molecular weight is 328 g/mol. The summed E-state index contributed by atoms with van der Waals surface area (Å²) in [6.45, 7) is 6.93. The number of morpholine rings is 1. The van der Waals surface area contributed by atoms with Crippen molar-refractivity contribution in [3.8, 4) is 0 Å². The zero-order valence-electron chi connectivity index (χ0n) is 10.7. The van der Waals surface area contributed by atoms with Gasteiger partial charge in [-0.2, -0.15) is 4.31 Å². The van der Waals surface area contributed by atoms with Crippen LogP contribution < -0.4 is 0 Å². The van der Waals surface area contributed by atoms with Gasteiger partial charge < -0.3 is 4.74 Å². The highest BCUT2D eigenvalue weighted by atomic mass is 79.9. The van der Waals surface area contributed by atoms with Crippen LogP contribution in [0.15, 0.2) is 0 Å². The molecule has 0 amide bonds. The van der Waals surface area contributed by atoms with E-state index in [1.165, 1.54) is 0 Å². The molecule has 0 aromatic carbocycles. The third kappa shape index (κ3) is 4.50. The molecule has 1 aliphatic heterocycles. The Hall–Kier alpha value is 0.350. The van der Waals surface area contributed by atoms with Crippen molar-refractivity contribution in [1.82, 2.24) is 4.31 Å². The monoisotopic (exact) mass is 327 g/mol. The van der Waals surface area contributed by atoms with E-state index in [1.807, 2.05) is 20.8 Å². The Kier molecular flexibility index (Phi) is 5.89. The number of nitrogens with zero attached hydrogens (tertiary/aromatic N) is 1. The van der Waals surface area contributed by atoms with E-state index < -0.39 is 10.0 Å². The molecule has 1 rings (SSSR count). The van der Waals surface area contributed by atoms with Crippen molar-refractivity contribution in [2.24, 2.45) is 5.92 Å². The lowest BCUT2D eigenvalue weighted by atomic mass is 10.2. The molecular formula is C11H22BrNO3S. The van der Waals surface area contributed by atoms with Crippen molar-refractivity contribution in [3.63, 3.8) is 0 Å². The van der Waals surface area contributed by atoms with Crippen molar-refractivity contribution in [2.45, 2.75) is 39.3 Å². The molecule has 0 aromatic heterocycles. The average Bonchev–Trinajstić information content (AvgIpc) is 2.27. The van der Waals surface area contributed by atoms with Crippen molar-refractivity contribution >= 4 is 26.0 Å². The standard InChI is InChI=1S/C11H22BrNO3S/c1-9(2)4-5-17(14,15)13-7-11(6-12)16-8-10(13)3/h9-11H,4-8H2,1-3H3. The molecule has 0 bridgehead atoms. The summed E-state index contributed by atoms with van der Waals surface area (Å²) in [7, 11) is -3.14. The van der Waals surface area contributed by atoms with Gasteiger partial charge in [-0.3, -0.25) is 0 Å². The van der Waals surface area contributed by atoms with Crippen molar-refractivity contribution in [2.75, 3.05) is 24.2 Å². The molecule has 2 atom stereocenters. The van der Waals surface area contributed by atoms with Gasteiger partial charge in [0.15, 0.2) is 0 Å². The fourth-order valence-electron chi connectivity index (χ4n) is 1.77. The van der Waals surface area contributed by atoms with Gasteiger partial charge >= 0.3 is 0 Å². The first kappa shape index (κ1) is 15.4. The number of hydrogen-bond donors (Lipinski definition) is 0. The zero-order chi connectivity index (χ0) is 13.1. The van der Waals surface area contributed by atoms with Gasteiger partial charge in [-0.1, -0.05) is 29.8 Å². The van der Waals surface area contributed by atoms with Gasteiger partial charge in [-0.05, 0) is 19.3 Å². The van der Waals surface area contributed by atoms with Crippen LogP contribution in [0.4, 0.5) is 0 Å². The molecule has 6 heteroatoms. The molecule has 0 radical (unpaired) electrons. The van der Waals surface area contributed by atoms with Crippen LogP contribution >= 0.6 is 15.9 Å². The summed E-state index contributed by atoms with van der Waals surface area (Å²) < 4.78 is 31.6. The minimum absolute atomic E-state index is 0.0278. The van der Waals surface area contributed by atoms with E-state index in [0.29, 0.717) is 30.8 Å². The molecule has 0 aromatic rings. The zero-order valence-corrected chi connectivity index (χ0v) is 13.1. The summed E-state index contributed by atoms with van der Waals surface area (Å²) in [5, 5.41) is 0.677. The second kappa shape index (κ2) is 6.50. The smallest absolute Gasteiger partial charge is 0.214 e. The summed E-state index contributed by atoms with van der Waals surface area (Å²) in [6, 6.07) is -0.0533. The molecule has 1 heterocycles. The molecule has 17 heavy (non-hydrogen) atoms. The molecule has 2 unspecified atom stereocenters. The minimum atomic E-state index is -3.14. The van der Waals surface area contributed by atoms with Gasteiger partial charge in [0, 0.05) is 17.9 Å². The summed E-state index contributed by atoms with van der Waals surface area (Å²) in [5.74, 6) is 0.650. The van der Waals surface area contributed by atoms with Crippen molar-refractivity contribution in [1.29, 1.82) is 0 Å². The van der Waals surface area contributed by atoms with Gasteiger partial charge in [0.05, 0.1) is 18.5 Å². The van der Waals surface area contributed by atoms with E-state index >= 15 is 0 Å². The van der Waals surface area contributed by atoms with Crippen LogP contribution in [0.1, 0.15) is 27.2 Å². The Balaban J connectivity index is 2.67. The SMILES string of the molecule is CC(C)CCS(=O)(=O)N1CC(CBr)OCC1C. The van der Waals surface area contributed by atoms with Crippen molar-refractivity contribution < 1.29 is 13.2 Å². The number of hydrogen-bond acceptors (Lipinski definition) is 3. The number of alkyl halides is 1. The molecule has 102 valence electrons. The molecule has 0 spiro atoms. The lowest BCUT2D eigenvalue weighted by Gasteiger charge is -2.36. The van der Waals surface area contributed by atoms with Crippen LogP contribution in [-0.4, -0.2) is 49.1 Å². The van der Waals surface area contributed by atoms with Crippen LogP contribution in [-0.2, 0) is 14.8 Å². The lowest BCUT2D eigenvalue weighted by Crippen LogP contribution is -2.52. The third-order valence-electron chi connectivity index (χ3n) is 2.93. The number of sulfonamides is 1. The summed E-state index contributed by atoms with van der Waals surface area (Å²) in [5.41, 5.74) is 0. The topological polar surface area (TPSA) is 46.6 Å². The largest absolute Gasteiger partial charge is 0.374 e. The molecule has 4 nitrogen and oxygen atoms in total. The molecule has 1 saturated heterocycles. The Bertz CT molecular complexity index is 332. The maximum absolute atomic E-state index is 12.2. The van der Waals surface area contributed by atoms with Gasteiger partial charge in [0.2, 0.25) is 10.0 Å². The highest BCUT2D eigenvalue weighted by Gasteiger charge is 2.33. The summed E-state index contributed by atoms with van der Waals surface area (Å²) in [6.07, 6.45) is 0.686. The summed E-state index contributed by atoms with van der Waals surface area (Å²) in [4.78, 5) is 0. The fraction of sp³-hybridized carbons (Fsp3) is 1.00.